The van der Waals surface area contributed by atoms with Crippen LogP contribution in [0, 0.1) is 6.92 Å². The summed E-state index contributed by atoms with van der Waals surface area (Å²) in [6.07, 6.45) is 1.55. The number of urea groups is 1. The predicted octanol–water partition coefficient (Wildman–Crippen LogP) is 1.86. The molecule has 0 saturated carbocycles. The van der Waals surface area contributed by atoms with Crippen LogP contribution in [-0.2, 0) is 14.3 Å². The minimum absolute atomic E-state index is 0.0774. The Morgan fingerprint density at radius 3 is 2.35 bits per heavy atom. The molecule has 1 aliphatic rings. The summed E-state index contributed by atoms with van der Waals surface area (Å²) in [5, 5.41) is 2.47. The fraction of sp³-hybridized carbons (Fsp3) is 0.389. The maximum atomic E-state index is 12.4. The van der Waals surface area contributed by atoms with Crippen LogP contribution in [0.15, 0.2) is 17.8 Å². The van der Waals surface area contributed by atoms with Crippen molar-refractivity contribution in [1.82, 2.24) is 10.2 Å². The van der Waals surface area contributed by atoms with E-state index in [0.29, 0.717) is 30.3 Å². The van der Waals surface area contributed by atoms with Gasteiger partial charge in [-0.3, -0.25) is 9.59 Å². The molecule has 1 heterocycles. The number of nitrogens with one attached hydrogen (secondary N) is 1. The SMILES string of the molecule is CCOc1cc(C)c(C=C2NC(=O)N(CC(=O)OC)C2=O)cc1OCC. The third kappa shape index (κ3) is 4.14. The highest BCUT2D eigenvalue weighted by Gasteiger charge is 2.35. The third-order valence-electron chi connectivity index (χ3n) is 3.71. The molecule has 0 radical (unpaired) electrons. The Kier molecular flexibility index (Phi) is 6.21. The second-order valence-corrected chi connectivity index (χ2v) is 5.48. The average Bonchev–Trinajstić information content (AvgIpc) is 2.86. The summed E-state index contributed by atoms with van der Waals surface area (Å²) in [6, 6.07) is 2.90. The van der Waals surface area contributed by atoms with Gasteiger partial charge in [-0.2, -0.15) is 0 Å². The lowest BCUT2D eigenvalue weighted by Crippen LogP contribution is -2.36. The molecule has 0 aromatic heterocycles. The first-order valence-electron chi connectivity index (χ1n) is 8.22. The van der Waals surface area contributed by atoms with Gasteiger partial charge in [0.2, 0.25) is 0 Å². The van der Waals surface area contributed by atoms with Crippen molar-refractivity contribution in [2.24, 2.45) is 0 Å². The van der Waals surface area contributed by atoms with Gasteiger partial charge in [-0.1, -0.05) is 0 Å². The number of hydrogen-bond donors (Lipinski definition) is 1. The molecule has 0 unspecified atom stereocenters. The van der Waals surface area contributed by atoms with Crippen molar-refractivity contribution < 1.29 is 28.6 Å². The molecule has 26 heavy (non-hydrogen) atoms. The van der Waals surface area contributed by atoms with Gasteiger partial charge in [0, 0.05) is 0 Å². The summed E-state index contributed by atoms with van der Waals surface area (Å²) in [4.78, 5) is 36.4. The standard InChI is InChI=1S/C18H22N2O6/c1-5-25-14-7-11(3)12(9-15(14)26-6-2)8-13-17(22)20(18(23)19-13)10-16(21)24-4/h7-9H,5-6,10H2,1-4H3,(H,19,23). The Bertz CT molecular complexity index is 756. The Labute approximate surface area is 151 Å². The van der Waals surface area contributed by atoms with Crippen LogP contribution in [0.5, 0.6) is 11.5 Å². The number of nitrogens with zero attached hydrogens (tertiary/aromatic N) is 1. The zero-order valence-corrected chi connectivity index (χ0v) is 15.3. The van der Waals surface area contributed by atoms with E-state index in [2.05, 4.69) is 10.1 Å². The van der Waals surface area contributed by atoms with E-state index in [-0.39, 0.29) is 5.70 Å². The number of carbonyl (C=O) groups is 3. The van der Waals surface area contributed by atoms with Crippen LogP contribution in [0.1, 0.15) is 25.0 Å². The second kappa shape index (κ2) is 8.37. The van der Waals surface area contributed by atoms with Crippen LogP contribution in [0.25, 0.3) is 6.08 Å². The van der Waals surface area contributed by atoms with Crippen LogP contribution >= 0.6 is 0 Å². The van der Waals surface area contributed by atoms with E-state index in [9.17, 15) is 14.4 Å². The van der Waals surface area contributed by atoms with Gasteiger partial charge < -0.3 is 19.5 Å². The summed E-state index contributed by atoms with van der Waals surface area (Å²) in [7, 11) is 1.19. The molecule has 1 saturated heterocycles. The van der Waals surface area contributed by atoms with Crippen molar-refractivity contribution in [2.45, 2.75) is 20.8 Å². The molecule has 140 valence electrons. The highest BCUT2D eigenvalue weighted by Crippen LogP contribution is 2.32. The number of esters is 1. The normalized spacial score (nSPS) is 15.2. The van der Waals surface area contributed by atoms with E-state index in [0.717, 1.165) is 10.5 Å². The Hall–Kier alpha value is -3.03. The fourth-order valence-electron chi connectivity index (χ4n) is 2.43. The largest absolute Gasteiger partial charge is 0.490 e. The molecule has 0 spiro atoms. The van der Waals surface area contributed by atoms with Crippen LogP contribution in [0.2, 0.25) is 0 Å². The van der Waals surface area contributed by atoms with E-state index < -0.39 is 24.5 Å². The van der Waals surface area contributed by atoms with E-state index in [1.54, 1.807) is 12.1 Å². The summed E-state index contributed by atoms with van der Waals surface area (Å²) in [5.41, 5.74) is 1.62. The monoisotopic (exact) mass is 362 g/mol. The predicted molar refractivity (Wildman–Crippen MR) is 93.8 cm³/mol. The first-order chi connectivity index (χ1) is 12.4. The number of rotatable bonds is 7. The quantitative estimate of drug-likeness (QED) is 0.452. The number of amides is 3. The molecule has 0 aliphatic carbocycles. The lowest BCUT2D eigenvalue weighted by Gasteiger charge is -2.13. The average molecular weight is 362 g/mol. The molecule has 8 nitrogen and oxygen atoms in total. The lowest BCUT2D eigenvalue weighted by molar-refractivity contribution is -0.143. The molecular formula is C18H22N2O6. The number of benzene rings is 1. The molecule has 2 rings (SSSR count). The zero-order chi connectivity index (χ0) is 19.3. The van der Waals surface area contributed by atoms with Gasteiger partial charge in [0.1, 0.15) is 12.2 Å². The molecule has 1 fully saturated rings. The Balaban J connectivity index is 2.34. The zero-order valence-electron chi connectivity index (χ0n) is 15.3. The summed E-state index contributed by atoms with van der Waals surface area (Å²) < 4.78 is 15.7. The summed E-state index contributed by atoms with van der Waals surface area (Å²) in [6.45, 7) is 6.12. The van der Waals surface area contributed by atoms with Gasteiger partial charge in [-0.25, -0.2) is 9.69 Å². The highest BCUT2D eigenvalue weighted by atomic mass is 16.5. The number of aryl methyl sites for hydroxylation is 1. The summed E-state index contributed by atoms with van der Waals surface area (Å²) in [5.74, 6) is -0.102. The van der Waals surface area contributed by atoms with Crippen molar-refractivity contribution >= 4 is 24.0 Å². The number of hydrogen-bond acceptors (Lipinski definition) is 6. The maximum absolute atomic E-state index is 12.4. The minimum Gasteiger partial charge on any atom is -0.490 e. The van der Waals surface area contributed by atoms with Crippen molar-refractivity contribution in [3.63, 3.8) is 0 Å². The van der Waals surface area contributed by atoms with Crippen LogP contribution < -0.4 is 14.8 Å². The first-order valence-corrected chi connectivity index (χ1v) is 8.22. The number of carbonyl (C=O) groups excluding carboxylic acids is 3. The molecule has 1 aromatic carbocycles. The van der Waals surface area contributed by atoms with Crippen LogP contribution in [0.3, 0.4) is 0 Å². The molecular weight excluding hydrogens is 340 g/mol. The van der Waals surface area contributed by atoms with Crippen molar-refractivity contribution in [3.8, 4) is 11.5 Å². The maximum Gasteiger partial charge on any atom is 0.329 e. The third-order valence-corrected chi connectivity index (χ3v) is 3.71. The van der Waals surface area contributed by atoms with Gasteiger partial charge in [0.25, 0.3) is 5.91 Å². The van der Waals surface area contributed by atoms with Crippen LogP contribution in [-0.4, -0.2) is 49.7 Å². The van der Waals surface area contributed by atoms with Crippen LogP contribution in [0.4, 0.5) is 4.79 Å². The topological polar surface area (TPSA) is 94.2 Å². The van der Waals surface area contributed by atoms with Gasteiger partial charge in [0.15, 0.2) is 11.5 Å². The second-order valence-electron chi connectivity index (χ2n) is 5.48. The number of methoxy groups -OCH3 is 1. The van der Waals surface area contributed by atoms with Crippen molar-refractivity contribution in [3.05, 3.63) is 29.0 Å². The van der Waals surface area contributed by atoms with Gasteiger partial charge >= 0.3 is 12.0 Å². The molecule has 3 amide bonds. The molecule has 1 N–H and O–H groups in total. The Morgan fingerprint density at radius 1 is 1.15 bits per heavy atom. The molecule has 0 atom stereocenters. The van der Waals surface area contributed by atoms with Crippen molar-refractivity contribution in [2.75, 3.05) is 26.9 Å². The van der Waals surface area contributed by atoms with E-state index in [4.69, 9.17) is 9.47 Å². The van der Waals surface area contributed by atoms with Gasteiger partial charge in [-0.05, 0) is 50.1 Å². The molecule has 8 heteroatoms. The molecule has 0 bridgehead atoms. The highest BCUT2D eigenvalue weighted by molar-refractivity contribution is 6.15. The van der Waals surface area contributed by atoms with Crippen molar-refractivity contribution in [1.29, 1.82) is 0 Å². The number of imide groups is 1. The van der Waals surface area contributed by atoms with E-state index in [1.165, 1.54) is 7.11 Å². The van der Waals surface area contributed by atoms with E-state index in [1.807, 2.05) is 26.8 Å². The first kappa shape index (κ1) is 19.3. The number of ether oxygens (including phenoxy) is 3. The lowest BCUT2D eigenvalue weighted by atomic mass is 10.1. The molecule has 1 aromatic rings. The fourth-order valence-corrected chi connectivity index (χ4v) is 2.43. The molecule has 1 aliphatic heterocycles. The Morgan fingerprint density at radius 2 is 1.77 bits per heavy atom. The smallest absolute Gasteiger partial charge is 0.329 e. The minimum atomic E-state index is -0.675. The van der Waals surface area contributed by atoms with Gasteiger partial charge in [0.05, 0.1) is 20.3 Å². The van der Waals surface area contributed by atoms with E-state index >= 15 is 0 Å². The van der Waals surface area contributed by atoms with Gasteiger partial charge in [-0.15, -0.1) is 0 Å². The summed E-state index contributed by atoms with van der Waals surface area (Å²) >= 11 is 0.